The topological polar surface area (TPSA) is 92.1 Å². The lowest BCUT2D eigenvalue weighted by Crippen LogP contribution is -2.48. The van der Waals surface area contributed by atoms with Crippen LogP contribution in [-0.2, 0) is 19.7 Å². The maximum atomic E-state index is 13.9. The first-order valence-corrected chi connectivity index (χ1v) is 21.2. The lowest BCUT2D eigenvalue weighted by molar-refractivity contribution is -0.915. The van der Waals surface area contributed by atoms with Crippen molar-refractivity contribution >= 4 is 37.0 Å². The molecule has 2 aliphatic carbocycles. The Morgan fingerprint density at radius 2 is 1.07 bits per heavy atom. The SMILES string of the molecule is CCCC[N+]1(CC)CCCC1.CCC[N+]1(CC)CCCC1.N=C1C2=Cc3ccccc3C2=CC(S(=O)(=O)C(F)(F)C(F)(F)F)=C1S(=O)(=O)C(F)(F)C(F)(F)F. The smallest absolute Gasteiger partial charge is 0.324 e. The highest BCUT2D eigenvalue weighted by molar-refractivity contribution is 8.01. The second-order valence-electron chi connectivity index (χ2n) is 14.2. The third kappa shape index (κ3) is 9.03. The molecule has 2 aliphatic heterocycles. The molecule has 0 radical (unpaired) electrons. The first kappa shape index (κ1) is 46.6. The summed E-state index contributed by atoms with van der Waals surface area (Å²) < 4.78 is 184. The summed E-state index contributed by atoms with van der Waals surface area (Å²) in [5, 5.41) is -5.85. The van der Waals surface area contributed by atoms with Gasteiger partial charge in [-0.1, -0.05) is 44.5 Å². The fourth-order valence-electron chi connectivity index (χ4n) is 7.46. The fourth-order valence-corrected chi connectivity index (χ4v) is 10.6. The van der Waals surface area contributed by atoms with Gasteiger partial charge in [-0.3, -0.25) is 5.41 Å². The van der Waals surface area contributed by atoms with E-state index < -0.39 is 69.2 Å². The number of nitrogens with one attached hydrogen (secondary N) is 1. The van der Waals surface area contributed by atoms with Crippen molar-refractivity contribution in [3.8, 4) is 0 Å². The van der Waals surface area contributed by atoms with Gasteiger partial charge in [0.05, 0.1) is 63.0 Å². The van der Waals surface area contributed by atoms with E-state index in [4.69, 9.17) is 5.41 Å². The standard InChI is InChI=1S/C17H7F10NO4S2.C10H22N.C9H20N/c18-14(19,20)16(24,25)33(29,30)11-6-9-8-4-2-1-3-7(8)5-10(9)12(28)13(11)34(31,32)17(26,27)15(21,22)23;1-3-5-8-11(4-2)9-6-7-10-11;1-3-7-10(4-2)8-5-6-9-10/h1-6,28H;3-10H2,1-2H3;3-9H2,1-2H3/q;2*+1. The Morgan fingerprint density at radius 1 is 0.618 bits per heavy atom. The Hall–Kier alpha value is -2.77. The van der Waals surface area contributed by atoms with Crippen LogP contribution in [0.25, 0.3) is 11.6 Å². The van der Waals surface area contributed by atoms with E-state index in [1.54, 1.807) is 0 Å². The van der Waals surface area contributed by atoms with Crippen LogP contribution in [0.4, 0.5) is 43.9 Å². The minimum Gasteiger partial charge on any atom is -0.324 e. The van der Waals surface area contributed by atoms with Crippen LogP contribution < -0.4 is 0 Å². The number of unbranched alkanes of at least 4 members (excludes halogenated alkanes) is 1. The monoisotopic (exact) mass is 841 g/mol. The van der Waals surface area contributed by atoms with Crippen LogP contribution in [-0.4, -0.2) is 107 Å². The number of halogens is 10. The minimum absolute atomic E-state index is 0.0223. The van der Waals surface area contributed by atoms with Gasteiger partial charge in [0.25, 0.3) is 19.7 Å². The second kappa shape index (κ2) is 17.0. The van der Waals surface area contributed by atoms with Gasteiger partial charge in [-0.05, 0) is 55.5 Å². The number of rotatable bonds is 11. The average Bonchev–Trinajstić information content (AvgIpc) is 3.87. The zero-order chi connectivity index (χ0) is 41.9. The van der Waals surface area contributed by atoms with Crippen LogP contribution in [0.3, 0.4) is 0 Å². The van der Waals surface area contributed by atoms with Crippen molar-refractivity contribution in [3.05, 3.63) is 56.9 Å². The lowest BCUT2D eigenvalue weighted by Gasteiger charge is -2.32. The molecule has 1 aromatic carbocycles. The molecule has 5 rings (SSSR count). The highest BCUT2D eigenvalue weighted by atomic mass is 32.2. The highest BCUT2D eigenvalue weighted by Gasteiger charge is 2.72. The van der Waals surface area contributed by atoms with Gasteiger partial charge in [0, 0.05) is 31.3 Å². The van der Waals surface area contributed by atoms with Crippen molar-refractivity contribution < 1.29 is 69.7 Å². The van der Waals surface area contributed by atoms with E-state index in [0.29, 0.717) is 0 Å². The fraction of sp³-hybridized carbons (Fsp3) is 0.639. The van der Waals surface area contributed by atoms with E-state index in [9.17, 15) is 60.7 Å². The van der Waals surface area contributed by atoms with Crippen molar-refractivity contribution in [2.45, 2.75) is 95.5 Å². The van der Waals surface area contributed by atoms with Crippen LogP contribution >= 0.6 is 0 Å². The van der Waals surface area contributed by atoms with E-state index in [1.807, 2.05) is 0 Å². The number of quaternary nitrogens is 2. The van der Waals surface area contributed by atoms with Crippen molar-refractivity contribution in [2.24, 2.45) is 0 Å². The molecule has 2 fully saturated rings. The molecule has 0 atom stereocenters. The maximum Gasteiger partial charge on any atom is 0.469 e. The maximum absolute atomic E-state index is 13.9. The first-order chi connectivity index (χ1) is 25.3. The molecule has 19 heteroatoms. The summed E-state index contributed by atoms with van der Waals surface area (Å²) in [6, 6.07) is 4.95. The summed E-state index contributed by atoms with van der Waals surface area (Å²) in [7, 11) is -14.7. The largest absolute Gasteiger partial charge is 0.469 e. The number of fused-ring (bicyclic) bond motifs is 3. The van der Waals surface area contributed by atoms with E-state index in [0.717, 1.165) is 12.1 Å². The van der Waals surface area contributed by atoms with E-state index >= 15 is 0 Å². The molecule has 0 aromatic heterocycles. The summed E-state index contributed by atoms with van der Waals surface area (Å²) in [5.74, 6) is 0. The molecule has 2 heterocycles. The number of hydrogen-bond donors (Lipinski definition) is 1. The van der Waals surface area contributed by atoms with E-state index in [1.165, 1.54) is 124 Å². The summed E-state index contributed by atoms with van der Waals surface area (Å²) in [6.07, 6.45) is -3.21. The normalized spacial score (nSPS) is 19.8. The summed E-state index contributed by atoms with van der Waals surface area (Å²) in [5.41, 5.74) is -3.48. The number of allylic oxidation sites excluding steroid dienone is 4. The molecule has 0 spiro atoms. The Balaban J connectivity index is 0.000000312. The van der Waals surface area contributed by atoms with Crippen LogP contribution in [0.2, 0.25) is 0 Å². The Labute approximate surface area is 316 Å². The van der Waals surface area contributed by atoms with Crippen LogP contribution in [0.5, 0.6) is 0 Å². The number of sulfone groups is 2. The van der Waals surface area contributed by atoms with Gasteiger partial charge in [-0.2, -0.15) is 43.9 Å². The van der Waals surface area contributed by atoms with E-state index in [-0.39, 0.29) is 17.2 Å². The van der Waals surface area contributed by atoms with Crippen LogP contribution in [0.1, 0.15) is 83.8 Å². The Kier molecular flexibility index (Phi) is 14.4. The minimum atomic E-state index is -7.40. The van der Waals surface area contributed by atoms with Gasteiger partial charge < -0.3 is 8.97 Å². The van der Waals surface area contributed by atoms with Gasteiger partial charge in [0.1, 0.15) is 4.91 Å². The summed E-state index contributed by atoms with van der Waals surface area (Å²) in [4.78, 5) is -5.57. The molecule has 2 saturated heterocycles. The number of hydrogen-bond acceptors (Lipinski definition) is 5. The molecule has 312 valence electrons. The molecule has 1 N–H and O–H groups in total. The zero-order valence-electron chi connectivity index (χ0n) is 31.2. The molecule has 0 saturated carbocycles. The average molecular weight is 842 g/mol. The molecule has 1 aromatic rings. The molecule has 0 unspecified atom stereocenters. The van der Waals surface area contributed by atoms with Gasteiger partial charge in [-0.25, -0.2) is 16.8 Å². The highest BCUT2D eigenvalue weighted by Crippen LogP contribution is 2.52. The zero-order valence-corrected chi connectivity index (χ0v) is 32.8. The van der Waals surface area contributed by atoms with Crippen LogP contribution in [0, 0.1) is 5.41 Å². The van der Waals surface area contributed by atoms with Crippen molar-refractivity contribution in [3.63, 3.8) is 0 Å². The van der Waals surface area contributed by atoms with Crippen molar-refractivity contribution in [2.75, 3.05) is 52.4 Å². The van der Waals surface area contributed by atoms with Crippen molar-refractivity contribution in [1.82, 2.24) is 0 Å². The van der Waals surface area contributed by atoms with Crippen molar-refractivity contribution in [1.29, 1.82) is 5.41 Å². The Morgan fingerprint density at radius 3 is 1.51 bits per heavy atom. The number of likely N-dealkylation sites (tertiary alicyclic amines) is 2. The third-order valence-electron chi connectivity index (χ3n) is 10.8. The number of benzene rings is 1. The summed E-state index contributed by atoms with van der Waals surface area (Å²) >= 11 is 0. The molecule has 0 bridgehead atoms. The molecular weight excluding hydrogens is 793 g/mol. The molecule has 0 amide bonds. The van der Waals surface area contributed by atoms with Gasteiger partial charge in [0.15, 0.2) is 0 Å². The predicted octanol–water partition coefficient (Wildman–Crippen LogP) is 9.30. The lowest BCUT2D eigenvalue weighted by atomic mass is 9.95. The third-order valence-corrected chi connectivity index (χ3v) is 14.6. The molecule has 4 aliphatic rings. The van der Waals surface area contributed by atoms with E-state index in [2.05, 4.69) is 27.7 Å². The quantitative estimate of drug-likeness (QED) is 0.178. The predicted molar refractivity (Wildman–Crippen MR) is 191 cm³/mol. The van der Waals surface area contributed by atoms with Crippen LogP contribution in [0.15, 0.2) is 45.7 Å². The Bertz CT molecular complexity index is 1870. The number of nitrogens with zero attached hydrogens (tertiary/aromatic N) is 2. The van der Waals surface area contributed by atoms with Gasteiger partial charge in [0.2, 0.25) is 0 Å². The van der Waals surface area contributed by atoms with Gasteiger partial charge >= 0.3 is 22.9 Å². The number of alkyl halides is 10. The molecule has 55 heavy (non-hydrogen) atoms. The molecular formula is C36H49F10N3O4S2+2. The second-order valence-corrected chi connectivity index (χ2v) is 18.1. The molecule has 7 nitrogen and oxygen atoms in total. The first-order valence-electron chi connectivity index (χ1n) is 18.2. The van der Waals surface area contributed by atoms with Gasteiger partial charge in [-0.15, -0.1) is 0 Å². The summed E-state index contributed by atoms with van der Waals surface area (Å²) in [6.45, 7) is 20.6.